The highest BCUT2D eigenvalue weighted by atomic mass is 19.1. The van der Waals surface area contributed by atoms with Crippen molar-refractivity contribution in [2.24, 2.45) is 11.7 Å². The molecule has 0 aliphatic carbocycles. The first-order valence-corrected chi connectivity index (χ1v) is 12.5. The molecule has 4 rings (SSSR count). The van der Waals surface area contributed by atoms with Gasteiger partial charge in [-0.15, -0.1) is 0 Å². The highest BCUT2D eigenvalue weighted by Gasteiger charge is 2.30. The minimum Gasteiger partial charge on any atom is -0.493 e. The van der Waals surface area contributed by atoms with E-state index < -0.39 is 5.82 Å². The van der Waals surface area contributed by atoms with Crippen LogP contribution in [0, 0.1) is 11.7 Å². The van der Waals surface area contributed by atoms with Crippen LogP contribution in [0.2, 0.25) is 0 Å². The van der Waals surface area contributed by atoms with Gasteiger partial charge < -0.3 is 24.8 Å². The number of nitrogens with two attached hydrogens (primary N) is 1. The van der Waals surface area contributed by atoms with Crippen molar-refractivity contribution in [3.05, 3.63) is 35.4 Å². The Bertz CT molecular complexity index is 958. The summed E-state index contributed by atoms with van der Waals surface area (Å²) in [6.07, 6.45) is 5.89. The first-order valence-electron chi connectivity index (χ1n) is 12.5. The summed E-state index contributed by atoms with van der Waals surface area (Å²) >= 11 is 0. The third kappa shape index (κ3) is 5.68. The molecule has 34 heavy (non-hydrogen) atoms. The van der Waals surface area contributed by atoms with Gasteiger partial charge in [-0.05, 0) is 56.6 Å². The lowest BCUT2D eigenvalue weighted by molar-refractivity contribution is 0.0736. The summed E-state index contributed by atoms with van der Waals surface area (Å²) in [5, 5.41) is 4.05. The van der Waals surface area contributed by atoms with Crippen molar-refractivity contribution in [3.63, 3.8) is 0 Å². The Hall–Kier alpha value is -2.68. The van der Waals surface area contributed by atoms with Gasteiger partial charge in [-0.2, -0.15) is 4.98 Å². The van der Waals surface area contributed by atoms with Crippen LogP contribution < -0.4 is 15.4 Å². The van der Waals surface area contributed by atoms with E-state index >= 15 is 0 Å². The molecule has 2 aromatic rings. The van der Waals surface area contributed by atoms with Crippen LogP contribution in [0.25, 0.3) is 0 Å². The van der Waals surface area contributed by atoms with E-state index in [1.807, 2.05) is 0 Å². The number of ether oxygens (including phenoxy) is 1. The minimum atomic E-state index is -0.542. The van der Waals surface area contributed by atoms with Crippen LogP contribution in [0.1, 0.15) is 74.5 Å². The van der Waals surface area contributed by atoms with E-state index in [1.165, 1.54) is 12.1 Å². The van der Waals surface area contributed by atoms with Crippen LogP contribution in [0.3, 0.4) is 0 Å². The molecule has 0 spiro atoms. The number of hydrogen-bond acceptors (Lipinski definition) is 7. The van der Waals surface area contributed by atoms with Crippen LogP contribution in [-0.2, 0) is 0 Å². The van der Waals surface area contributed by atoms with Crippen LogP contribution in [0.15, 0.2) is 22.7 Å². The van der Waals surface area contributed by atoms with E-state index in [-0.39, 0.29) is 23.4 Å². The Kier molecular flexibility index (Phi) is 8.03. The molecule has 2 aliphatic rings. The molecule has 2 saturated heterocycles. The number of aromatic nitrogens is 2. The van der Waals surface area contributed by atoms with E-state index in [1.54, 1.807) is 11.0 Å². The second-order valence-electron chi connectivity index (χ2n) is 9.68. The Morgan fingerprint density at radius 2 is 2.06 bits per heavy atom. The molecule has 1 unspecified atom stereocenters. The first kappa shape index (κ1) is 24.4. The molecule has 9 heteroatoms. The van der Waals surface area contributed by atoms with Crippen molar-refractivity contribution >= 4 is 11.9 Å². The van der Waals surface area contributed by atoms with Gasteiger partial charge in [0.05, 0.1) is 12.2 Å². The van der Waals surface area contributed by atoms with Gasteiger partial charge in [0.2, 0.25) is 0 Å². The summed E-state index contributed by atoms with van der Waals surface area (Å²) in [5.74, 6) is 1.26. The molecule has 1 aromatic carbocycles. The Morgan fingerprint density at radius 3 is 2.74 bits per heavy atom. The number of likely N-dealkylation sites (tertiary alicyclic amines) is 1. The number of nitrogens with zero attached hydrogens (tertiary/aromatic N) is 4. The molecule has 1 amide bonds. The fourth-order valence-corrected chi connectivity index (χ4v) is 4.83. The number of hydrogen-bond donors (Lipinski definition) is 1. The maximum Gasteiger partial charge on any atom is 0.324 e. The molecule has 0 saturated carbocycles. The fraction of sp³-hybridized carbons (Fsp3) is 0.640. The number of carbonyl (C=O) groups is 1. The number of benzene rings is 1. The fourth-order valence-electron chi connectivity index (χ4n) is 4.83. The molecule has 3 heterocycles. The summed E-state index contributed by atoms with van der Waals surface area (Å²) in [4.78, 5) is 21.0. The first-order chi connectivity index (χ1) is 16.5. The van der Waals surface area contributed by atoms with Crippen molar-refractivity contribution in [1.29, 1.82) is 0 Å². The molecule has 1 atom stereocenters. The second kappa shape index (κ2) is 11.2. The molecule has 8 nitrogen and oxygen atoms in total. The lowest BCUT2D eigenvalue weighted by Crippen LogP contribution is -2.40. The number of rotatable bonds is 9. The maximum absolute atomic E-state index is 14.6. The van der Waals surface area contributed by atoms with Crippen LogP contribution in [-0.4, -0.2) is 59.8 Å². The summed E-state index contributed by atoms with van der Waals surface area (Å²) in [7, 11) is 0. The van der Waals surface area contributed by atoms with E-state index in [9.17, 15) is 9.18 Å². The monoisotopic (exact) mass is 473 g/mol. The highest BCUT2D eigenvalue weighted by molar-refractivity contribution is 5.95. The minimum absolute atomic E-state index is 0.000726. The summed E-state index contributed by atoms with van der Waals surface area (Å²) in [6.45, 7) is 7.49. The largest absolute Gasteiger partial charge is 0.493 e. The molecule has 2 fully saturated rings. The van der Waals surface area contributed by atoms with E-state index in [0.717, 1.165) is 57.4 Å². The molecule has 0 radical (unpaired) electrons. The molecular formula is C25H36FN5O3. The van der Waals surface area contributed by atoms with Gasteiger partial charge in [0.15, 0.2) is 5.82 Å². The third-order valence-corrected chi connectivity index (χ3v) is 6.94. The highest BCUT2D eigenvalue weighted by Crippen LogP contribution is 2.27. The normalized spacial score (nSPS) is 19.3. The summed E-state index contributed by atoms with van der Waals surface area (Å²) in [5.41, 5.74) is 5.83. The zero-order valence-corrected chi connectivity index (χ0v) is 20.2. The van der Waals surface area contributed by atoms with Crippen LogP contribution in [0.4, 0.5) is 10.4 Å². The third-order valence-electron chi connectivity index (χ3n) is 6.94. The number of carbonyl (C=O) groups excluding carboxylic acids is 1. The van der Waals surface area contributed by atoms with Crippen molar-refractivity contribution in [2.75, 3.05) is 37.7 Å². The second-order valence-corrected chi connectivity index (χ2v) is 9.68. The van der Waals surface area contributed by atoms with Crippen molar-refractivity contribution in [1.82, 2.24) is 15.0 Å². The Morgan fingerprint density at radius 1 is 1.26 bits per heavy atom. The van der Waals surface area contributed by atoms with Gasteiger partial charge in [-0.1, -0.05) is 19.0 Å². The molecule has 186 valence electrons. The van der Waals surface area contributed by atoms with Gasteiger partial charge in [0, 0.05) is 44.2 Å². The van der Waals surface area contributed by atoms with Crippen LogP contribution >= 0.6 is 0 Å². The van der Waals surface area contributed by atoms with Gasteiger partial charge in [0.25, 0.3) is 5.91 Å². The van der Waals surface area contributed by atoms with E-state index in [4.69, 9.17) is 15.0 Å². The number of amides is 1. The Labute approximate surface area is 200 Å². The average molecular weight is 474 g/mol. The van der Waals surface area contributed by atoms with Crippen LogP contribution in [0.5, 0.6) is 5.75 Å². The van der Waals surface area contributed by atoms with E-state index in [0.29, 0.717) is 37.4 Å². The van der Waals surface area contributed by atoms with Gasteiger partial charge in [-0.3, -0.25) is 4.79 Å². The quantitative estimate of drug-likeness (QED) is 0.550. The molecule has 2 aliphatic heterocycles. The molecule has 2 N–H and O–H groups in total. The molecule has 0 bridgehead atoms. The van der Waals surface area contributed by atoms with Crippen molar-refractivity contribution in [3.8, 4) is 5.75 Å². The summed E-state index contributed by atoms with van der Waals surface area (Å²) in [6, 6.07) is 5.14. The number of halogens is 1. The lowest BCUT2D eigenvalue weighted by Gasteiger charge is -2.30. The topological polar surface area (TPSA) is 97.7 Å². The average Bonchev–Trinajstić information content (AvgIpc) is 3.52. The molecule has 1 aromatic heterocycles. The summed E-state index contributed by atoms with van der Waals surface area (Å²) < 4.78 is 25.8. The lowest BCUT2D eigenvalue weighted by atomic mass is 9.92. The number of anilines is 1. The van der Waals surface area contributed by atoms with E-state index in [2.05, 4.69) is 28.9 Å². The van der Waals surface area contributed by atoms with Gasteiger partial charge >= 0.3 is 6.01 Å². The Balaban J connectivity index is 1.19. The van der Waals surface area contributed by atoms with Gasteiger partial charge in [0.1, 0.15) is 11.6 Å². The van der Waals surface area contributed by atoms with Gasteiger partial charge in [-0.25, -0.2) is 4.39 Å². The van der Waals surface area contributed by atoms with Crippen molar-refractivity contribution < 1.29 is 18.4 Å². The van der Waals surface area contributed by atoms with Crippen molar-refractivity contribution in [2.45, 2.75) is 64.3 Å². The zero-order valence-electron chi connectivity index (χ0n) is 20.2. The zero-order chi connectivity index (χ0) is 24.1. The SMILES string of the molecule is CC(C)c1noc(N2CCC(CCCOc3ccc(C(=O)N4CCCC4CN)c(F)c3)CC2)n1. The predicted molar refractivity (Wildman–Crippen MR) is 128 cm³/mol. The smallest absolute Gasteiger partial charge is 0.324 e. The standard InChI is InChI=1S/C25H36FN5O3/c1-17(2)23-28-25(34-29-23)30-12-9-18(10-13-30)5-4-14-33-20-7-8-21(22(26)15-20)24(32)31-11-3-6-19(31)16-27/h7-8,15,17-19H,3-6,9-14,16,27H2,1-2H3. The molecular weight excluding hydrogens is 437 g/mol. The maximum atomic E-state index is 14.6. The number of piperidine rings is 1. The predicted octanol–water partition coefficient (Wildman–Crippen LogP) is 3.97.